The van der Waals surface area contributed by atoms with E-state index in [1.54, 1.807) is 13.2 Å². The first-order valence-corrected chi connectivity index (χ1v) is 6.38. The van der Waals surface area contributed by atoms with Crippen LogP contribution in [0.15, 0.2) is 34.9 Å². The van der Waals surface area contributed by atoms with Crippen LogP contribution in [0.1, 0.15) is 0 Å². The molecule has 0 fully saturated rings. The van der Waals surface area contributed by atoms with Gasteiger partial charge in [0.05, 0.1) is 10.7 Å². The van der Waals surface area contributed by atoms with E-state index in [2.05, 4.69) is 41.4 Å². The topological polar surface area (TPSA) is 75.7 Å². The molecule has 1 aromatic carbocycles. The van der Waals surface area contributed by atoms with E-state index in [1.807, 2.05) is 24.3 Å². The van der Waals surface area contributed by atoms with Crippen molar-refractivity contribution in [2.75, 3.05) is 12.4 Å². The predicted octanol–water partition coefficient (Wildman–Crippen LogP) is 2.95. The molecule has 0 radical (unpaired) electrons. The van der Waals surface area contributed by atoms with E-state index in [9.17, 15) is 0 Å². The Balaban J connectivity index is 2.09. The average molecular weight is 320 g/mol. The number of aromatic amines is 1. The number of nitrogens with one attached hydrogen (secondary N) is 2. The Hall–Kier alpha value is -2.15. The maximum Gasteiger partial charge on any atom is 0.235 e. The van der Waals surface area contributed by atoms with E-state index in [4.69, 9.17) is 4.74 Å². The van der Waals surface area contributed by atoms with Crippen molar-refractivity contribution in [1.82, 2.24) is 20.2 Å². The summed E-state index contributed by atoms with van der Waals surface area (Å²) in [6, 6.07) is 7.58. The number of nitrogens with zero attached hydrogens (tertiary/aromatic N) is 3. The van der Waals surface area contributed by atoms with E-state index < -0.39 is 0 Å². The van der Waals surface area contributed by atoms with Crippen LogP contribution in [0, 0.1) is 0 Å². The van der Waals surface area contributed by atoms with Gasteiger partial charge in [0, 0.05) is 7.05 Å². The highest BCUT2D eigenvalue weighted by Crippen LogP contribution is 2.31. The monoisotopic (exact) mass is 319 g/mol. The number of fused-ring (bicyclic) bond motifs is 1. The Morgan fingerprint density at radius 2 is 2.11 bits per heavy atom. The van der Waals surface area contributed by atoms with Gasteiger partial charge in [-0.15, -0.1) is 0 Å². The molecule has 0 spiro atoms. The molecular formula is C12H10BrN5O. The molecule has 96 valence electrons. The van der Waals surface area contributed by atoms with Crippen LogP contribution in [-0.2, 0) is 0 Å². The number of aromatic nitrogens is 4. The SMILES string of the molecule is CNc1nc(Oc2ccccc2Br)c2cn[nH]c2n1. The van der Waals surface area contributed by atoms with Gasteiger partial charge in [0.25, 0.3) is 0 Å². The van der Waals surface area contributed by atoms with Gasteiger partial charge in [0.2, 0.25) is 11.8 Å². The summed E-state index contributed by atoms with van der Waals surface area (Å²) >= 11 is 3.44. The van der Waals surface area contributed by atoms with Crippen LogP contribution >= 0.6 is 15.9 Å². The van der Waals surface area contributed by atoms with Gasteiger partial charge in [0.1, 0.15) is 11.1 Å². The summed E-state index contributed by atoms with van der Waals surface area (Å²) in [4.78, 5) is 8.55. The lowest BCUT2D eigenvalue weighted by Gasteiger charge is -2.08. The molecule has 3 rings (SSSR count). The van der Waals surface area contributed by atoms with Gasteiger partial charge in [-0.2, -0.15) is 15.1 Å². The zero-order chi connectivity index (χ0) is 13.2. The summed E-state index contributed by atoms with van der Waals surface area (Å²) in [7, 11) is 1.75. The normalized spacial score (nSPS) is 10.6. The number of rotatable bonds is 3. The van der Waals surface area contributed by atoms with Gasteiger partial charge in [-0.05, 0) is 28.1 Å². The van der Waals surface area contributed by atoms with Crippen molar-refractivity contribution < 1.29 is 4.74 Å². The van der Waals surface area contributed by atoms with Crippen molar-refractivity contribution in [1.29, 1.82) is 0 Å². The van der Waals surface area contributed by atoms with E-state index in [-0.39, 0.29) is 0 Å². The molecule has 19 heavy (non-hydrogen) atoms. The van der Waals surface area contributed by atoms with Gasteiger partial charge < -0.3 is 10.1 Å². The summed E-state index contributed by atoms with van der Waals surface area (Å²) in [5.74, 6) is 1.61. The molecule has 0 aliphatic rings. The molecule has 0 bridgehead atoms. The Morgan fingerprint density at radius 3 is 2.89 bits per heavy atom. The number of halogens is 1. The number of para-hydroxylation sites is 1. The second kappa shape index (κ2) is 4.85. The molecule has 0 aliphatic heterocycles. The number of ether oxygens (including phenoxy) is 1. The first-order valence-electron chi connectivity index (χ1n) is 5.59. The molecule has 2 N–H and O–H groups in total. The summed E-state index contributed by atoms with van der Waals surface area (Å²) in [6.07, 6.45) is 1.64. The van der Waals surface area contributed by atoms with Crippen molar-refractivity contribution in [3.8, 4) is 11.6 Å². The van der Waals surface area contributed by atoms with Gasteiger partial charge in [-0.25, -0.2) is 0 Å². The molecule has 0 aliphatic carbocycles. The summed E-state index contributed by atoms with van der Waals surface area (Å²) in [5.41, 5.74) is 0.626. The smallest absolute Gasteiger partial charge is 0.235 e. The molecule has 6 nitrogen and oxygen atoms in total. The highest BCUT2D eigenvalue weighted by atomic mass is 79.9. The third-order valence-corrected chi connectivity index (χ3v) is 3.20. The molecule has 0 unspecified atom stereocenters. The third-order valence-electron chi connectivity index (χ3n) is 2.54. The second-order valence-corrected chi connectivity index (χ2v) is 4.62. The van der Waals surface area contributed by atoms with Crippen molar-refractivity contribution in [2.24, 2.45) is 0 Å². The van der Waals surface area contributed by atoms with Gasteiger partial charge in [-0.3, -0.25) is 5.10 Å². The Bertz CT molecular complexity index is 727. The largest absolute Gasteiger partial charge is 0.437 e. The van der Waals surface area contributed by atoms with E-state index >= 15 is 0 Å². The molecule has 0 saturated carbocycles. The minimum atomic E-state index is 0.454. The predicted molar refractivity (Wildman–Crippen MR) is 75.4 cm³/mol. The van der Waals surface area contributed by atoms with Gasteiger partial charge in [0.15, 0.2) is 5.65 Å². The second-order valence-electron chi connectivity index (χ2n) is 3.77. The van der Waals surface area contributed by atoms with E-state index in [0.717, 1.165) is 9.86 Å². The minimum Gasteiger partial charge on any atom is -0.437 e. The zero-order valence-corrected chi connectivity index (χ0v) is 11.6. The Kier molecular flexibility index (Phi) is 3.04. The van der Waals surface area contributed by atoms with E-state index in [0.29, 0.717) is 23.2 Å². The molecule has 2 heterocycles. The fourth-order valence-corrected chi connectivity index (χ4v) is 2.00. The molecular weight excluding hydrogens is 310 g/mol. The standard InChI is InChI=1S/C12H10BrN5O/c1-14-12-16-10-7(6-15-18-10)11(17-12)19-9-5-3-2-4-8(9)13/h2-6H,1H3,(H2,14,15,16,17,18). The summed E-state index contributed by atoms with van der Waals surface area (Å²) in [5, 5.41) is 10.4. The molecule has 0 amide bonds. The highest BCUT2D eigenvalue weighted by Gasteiger charge is 2.12. The fourth-order valence-electron chi connectivity index (χ4n) is 1.63. The Labute approximate surface area is 117 Å². The van der Waals surface area contributed by atoms with Crippen LogP contribution in [0.5, 0.6) is 11.6 Å². The minimum absolute atomic E-state index is 0.454. The van der Waals surface area contributed by atoms with Crippen LogP contribution in [0.2, 0.25) is 0 Å². The fraction of sp³-hybridized carbons (Fsp3) is 0.0833. The number of hydrogen-bond donors (Lipinski definition) is 2. The molecule has 2 aromatic heterocycles. The molecule has 0 saturated heterocycles. The maximum absolute atomic E-state index is 5.83. The number of anilines is 1. The van der Waals surface area contributed by atoms with Crippen LogP contribution < -0.4 is 10.1 Å². The first kappa shape index (κ1) is 11.9. The van der Waals surface area contributed by atoms with Crippen molar-refractivity contribution >= 4 is 32.9 Å². The number of H-pyrrole nitrogens is 1. The first-order chi connectivity index (χ1) is 9.28. The van der Waals surface area contributed by atoms with Gasteiger partial charge >= 0.3 is 0 Å². The molecule has 3 aromatic rings. The average Bonchev–Trinajstić information content (AvgIpc) is 2.89. The van der Waals surface area contributed by atoms with Crippen LogP contribution in [0.3, 0.4) is 0 Å². The van der Waals surface area contributed by atoms with Crippen molar-refractivity contribution in [2.45, 2.75) is 0 Å². The lowest BCUT2D eigenvalue weighted by Crippen LogP contribution is -1.99. The number of hydrogen-bond acceptors (Lipinski definition) is 5. The lowest BCUT2D eigenvalue weighted by molar-refractivity contribution is 0.466. The van der Waals surface area contributed by atoms with E-state index in [1.165, 1.54) is 0 Å². The maximum atomic E-state index is 5.83. The van der Waals surface area contributed by atoms with Crippen molar-refractivity contribution in [3.05, 3.63) is 34.9 Å². The quantitative estimate of drug-likeness (QED) is 0.776. The molecule has 0 atom stereocenters. The van der Waals surface area contributed by atoms with Crippen LogP contribution in [0.25, 0.3) is 11.0 Å². The lowest BCUT2D eigenvalue weighted by atomic mass is 10.3. The van der Waals surface area contributed by atoms with Gasteiger partial charge in [-0.1, -0.05) is 12.1 Å². The molecule has 7 heteroatoms. The summed E-state index contributed by atoms with van der Waals surface area (Å²) in [6.45, 7) is 0. The summed E-state index contributed by atoms with van der Waals surface area (Å²) < 4.78 is 6.68. The van der Waals surface area contributed by atoms with Crippen molar-refractivity contribution in [3.63, 3.8) is 0 Å². The third kappa shape index (κ3) is 2.24. The number of benzene rings is 1. The zero-order valence-electron chi connectivity index (χ0n) is 10.0. The van der Waals surface area contributed by atoms with Crippen LogP contribution in [-0.4, -0.2) is 27.2 Å². The van der Waals surface area contributed by atoms with Crippen LogP contribution in [0.4, 0.5) is 5.95 Å². The highest BCUT2D eigenvalue weighted by molar-refractivity contribution is 9.10. The Morgan fingerprint density at radius 1 is 1.26 bits per heavy atom.